The Labute approximate surface area is 154 Å². The van der Waals surface area contributed by atoms with Gasteiger partial charge in [0.1, 0.15) is 18.1 Å². The number of fused-ring (bicyclic) bond motifs is 1. The molecule has 0 atom stereocenters. The second-order valence-corrected chi connectivity index (χ2v) is 6.45. The Kier molecular flexibility index (Phi) is 4.66. The van der Waals surface area contributed by atoms with E-state index in [0.29, 0.717) is 11.7 Å². The van der Waals surface area contributed by atoms with Gasteiger partial charge in [0.15, 0.2) is 0 Å². The molecule has 0 saturated carbocycles. The standard InChI is InChI=1S/C19H17N3O3S/c1-2-24-25-11-14-12-26-19(20-14)22-17-10-15(23)8-9-16(17)18(21-22)13-6-4-3-5-7-13/h3-10,12,23H,2,11H2,1H3. The fraction of sp³-hybridized carbons (Fsp3) is 0.158. The molecule has 4 rings (SSSR count). The normalized spacial score (nSPS) is 11.3. The summed E-state index contributed by atoms with van der Waals surface area (Å²) < 4.78 is 1.76. The number of hydrogen-bond donors (Lipinski definition) is 1. The van der Waals surface area contributed by atoms with Crippen molar-refractivity contribution in [2.24, 2.45) is 0 Å². The van der Waals surface area contributed by atoms with Crippen LogP contribution in [0.4, 0.5) is 0 Å². The largest absolute Gasteiger partial charge is 0.508 e. The van der Waals surface area contributed by atoms with Gasteiger partial charge in [-0.25, -0.2) is 19.4 Å². The van der Waals surface area contributed by atoms with Crippen molar-refractivity contribution < 1.29 is 14.9 Å². The Morgan fingerprint density at radius 1 is 1.12 bits per heavy atom. The fourth-order valence-electron chi connectivity index (χ4n) is 2.70. The van der Waals surface area contributed by atoms with Gasteiger partial charge in [-0.1, -0.05) is 30.3 Å². The SMILES string of the molecule is CCOOCc1csc(-n2nc(-c3ccccc3)c3ccc(O)cc32)n1. The topological polar surface area (TPSA) is 69.4 Å². The molecule has 0 saturated heterocycles. The number of thiazole rings is 1. The van der Waals surface area contributed by atoms with E-state index in [1.165, 1.54) is 11.3 Å². The van der Waals surface area contributed by atoms with Gasteiger partial charge in [-0.3, -0.25) is 0 Å². The van der Waals surface area contributed by atoms with E-state index in [-0.39, 0.29) is 12.4 Å². The smallest absolute Gasteiger partial charge is 0.211 e. The van der Waals surface area contributed by atoms with Crippen molar-refractivity contribution in [1.29, 1.82) is 0 Å². The zero-order valence-corrected chi connectivity index (χ0v) is 14.9. The van der Waals surface area contributed by atoms with Crippen molar-refractivity contribution in [1.82, 2.24) is 14.8 Å². The monoisotopic (exact) mass is 367 g/mol. The summed E-state index contributed by atoms with van der Waals surface area (Å²) in [6.45, 7) is 2.63. The lowest BCUT2D eigenvalue weighted by atomic mass is 10.1. The van der Waals surface area contributed by atoms with Gasteiger partial charge >= 0.3 is 0 Å². The van der Waals surface area contributed by atoms with Gasteiger partial charge in [-0.2, -0.15) is 5.10 Å². The van der Waals surface area contributed by atoms with E-state index in [4.69, 9.17) is 14.9 Å². The molecular weight excluding hydrogens is 350 g/mol. The zero-order chi connectivity index (χ0) is 17.9. The van der Waals surface area contributed by atoms with Crippen LogP contribution in [0.15, 0.2) is 53.9 Å². The first-order valence-corrected chi connectivity index (χ1v) is 9.10. The Bertz CT molecular complexity index is 1030. The molecule has 0 aliphatic heterocycles. The van der Waals surface area contributed by atoms with Crippen molar-refractivity contribution in [3.05, 3.63) is 59.6 Å². The van der Waals surface area contributed by atoms with Crippen LogP contribution in [0.3, 0.4) is 0 Å². The molecule has 0 aliphatic carbocycles. The van der Waals surface area contributed by atoms with Crippen LogP contribution in [0.1, 0.15) is 12.6 Å². The molecule has 1 N–H and O–H groups in total. The number of rotatable bonds is 6. The van der Waals surface area contributed by atoms with Crippen LogP contribution in [0.25, 0.3) is 27.3 Å². The van der Waals surface area contributed by atoms with Gasteiger partial charge < -0.3 is 5.11 Å². The number of phenolic OH excluding ortho intramolecular Hbond substituents is 1. The lowest BCUT2D eigenvalue weighted by molar-refractivity contribution is -0.301. The summed E-state index contributed by atoms with van der Waals surface area (Å²) in [5.41, 5.74) is 3.43. The minimum Gasteiger partial charge on any atom is -0.508 e. The van der Waals surface area contributed by atoms with E-state index in [2.05, 4.69) is 4.98 Å². The maximum atomic E-state index is 9.94. The van der Waals surface area contributed by atoms with Gasteiger partial charge in [0.25, 0.3) is 0 Å². The number of phenols is 1. The van der Waals surface area contributed by atoms with Crippen LogP contribution in [-0.2, 0) is 16.4 Å². The number of aromatic nitrogens is 3. The maximum absolute atomic E-state index is 9.94. The number of aromatic hydroxyl groups is 1. The van der Waals surface area contributed by atoms with Gasteiger partial charge in [-0.05, 0) is 19.1 Å². The third-order valence-electron chi connectivity index (χ3n) is 3.84. The molecule has 26 heavy (non-hydrogen) atoms. The molecule has 2 aromatic carbocycles. The lowest BCUT2D eigenvalue weighted by Crippen LogP contribution is -1.98. The van der Waals surface area contributed by atoms with Crippen molar-refractivity contribution >= 4 is 22.2 Å². The van der Waals surface area contributed by atoms with Gasteiger partial charge in [0, 0.05) is 22.4 Å². The average Bonchev–Trinajstić information content (AvgIpc) is 3.27. The molecule has 0 fully saturated rings. The zero-order valence-electron chi connectivity index (χ0n) is 14.1. The molecule has 7 heteroatoms. The summed E-state index contributed by atoms with van der Waals surface area (Å²) in [5, 5.41) is 18.3. The Morgan fingerprint density at radius 2 is 1.96 bits per heavy atom. The first kappa shape index (κ1) is 16.7. The van der Waals surface area contributed by atoms with E-state index in [1.807, 2.05) is 48.7 Å². The molecule has 0 bridgehead atoms. The number of benzene rings is 2. The molecule has 0 aliphatic rings. The maximum Gasteiger partial charge on any atom is 0.211 e. The van der Waals surface area contributed by atoms with Crippen LogP contribution < -0.4 is 0 Å². The number of hydrogen-bond acceptors (Lipinski definition) is 6. The molecule has 0 amide bonds. The molecule has 6 nitrogen and oxygen atoms in total. The molecule has 4 aromatic rings. The fourth-order valence-corrected chi connectivity index (χ4v) is 3.47. The van der Waals surface area contributed by atoms with Crippen LogP contribution in [0.5, 0.6) is 5.75 Å². The predicted octanol–water partition coefficient (Wildman–Crippen LogP) is 4.32. The number of nitrogens with zero attached hydrogens (tertiary/aromatic N) is 3. The van der Waals surface area contributed by atoms with Crippen LogP contribution >= 0.6 is 11.3 Å². The van der Waals surface area contributed by atoms with Crippen molar-refractivity contribution in [3.63, 3.8) is 0 Å². The predicted molar refractivity (Wildman–Crippen MR) is 100 cm³/mol. The highest BCUT2D eigenvalue weighted by atomic mass is 32.1. The highest BCUT2D eigenvalue weighted by Gasteiger charge is 2.16. The molecule has 2 heterocycles. The first-order valence-electron chi connectivity index (χ1n) is 8.22. The first-order chi connectivity index (χ1) is 12.8. The van der Waals surface area contributed by atoms with Crippen LogP contribution in [-0.4, -0.2) is 26.5 Å². The Balaban J connectivity index is 1.79. The van der Waals surface area contributed by atoms with Gasteiger partial charge in [0.2, 0.25) is 5.13 Å². The van der Waals surface area contributed by atoms with E-state index < -0.39 is 0 Å². The summed E-state index contributed by atoms with van der Waals surface area (Å²) in [6, 6.07) is 15.2. The van der Waals surface area contributed by atoms with E-state index in [9.17, 15) is 5.11 Å². The minimum absolute atomic E-state index is 0.190. The van der Waals surface area contributed by atoms with E-state index in [1.54, 1.807) is 16.8 Å². The Morgan fingerprint density at radius 3 is 2.77 bits per heavy atom. The summed E-state index contributed by atoms with van der Waals surface area (Å²) in [5.74, 6) is 0.190. The average molecular weight is 367 g/mol. The highest BCUT2D eigenvalue weighted by Crippen LogP contribution is 2.32. The molecule has 0 spiro atoms. The quantitative estimate of drug-likeness (QED) is 0.312. The van der Waals surface area contributed by atoms with Crippen LogP contribution in [0, 0.1) is 0 Å². The summed E-state index contributed by atoms with van der Waals surface area (Å²) in [7, 11) is 0. The van der Waals surface area contributed by atoms with Crippen molar-refractivity contribution in [2.75, 3.05) is 6.61 Å². The second kappa shape index (κ2) is 7.25. The summed E-state index contributed by atoms with van der Waals surface area (Å²) >= 11 is 1.46. The highest BCUT2D eigenvalue weighted by molar-refractivity contribution is 7.12. The third-order valence-corrected chi connectivity index (χ3v) is 4.71. The van der Waals surface area contributed by atoms with Crippen molar-refractivity contribution in [2.45, 2.75) is 13.5 Å². The Hall–Kier alpha value is -2.74. The summed E-state index contributed by atoms with van der Waals surface area (Å²) in [4.78, 5) is 14.6. The van der Waals surface area contributed by atoms with Gasteiger partial charge in [0.05, 0.1) is 17.8 Å². The third kappa shape index (κ3) is 3.20. The van der Waals surface area contributed by atoms with Gasteiger partial charge in [-0.15, -0.1) is 11.3 Å². The minimum atomic E-state index is 0.190. The van der Waals surface area contributed by atoms with Crippen LogP contribution in [0.2, 0.25) is 0 Å². The molecular formula is C19H17N3O3S. The van der Waals surface area contributed by atoms with E-state index >= 15 is 0 Å². The molecule has 0 unspecified atom stereocenters. The van der Waals surface area contributed by atoms with Crippen molar-refractivity contribution in [3.8, 4) is 22.1 Å². The summed E-state index contributed by atoms with van der Waals surface area (Å²) in [6.07, 6.45) is 0. The lowest BCUT2D eigenvalue weighted by Gasteiger charge is -1.99. The van der Waals surface area contributed by atoms with E-state index in [0.717, 1.165) is 27.9 Å². The molecule has 0 radical (unpaired) electrons. The molecule has 2 aromatic heterocycles. The second-order valence-electron chi connectivity index (χ2n) is 5.62. The molecule has 132 valence electrons.